The number of aryl methyl sites for hydroxylation is 1. The van der Waals surface area contributed by atoms with Gasteiger partial charge in [0, 0.05) is 19.6 Å². The molecular formula is C24H48MgNNaO6S. The third-order valence-electron chi connectivity index (χ3n) is 5.30. The zero-order valence-corrected chi connectivity index (χ0v) is 25.7. The van der Waals surface area contributed by atoms with Crippen LogP contribution in [-0.4, -0.2) is 95.7 Å². The van der Waals surface area contributed by atoms with Gasteiger partial charge in [0.1, 0.15) is 0 Å². The standard InChI is InChI=1S/C18H30O3S.C6H15NO3.Mg.Na.3H/c1-2-3-4-5-6-7-8-9-10-11-14-17-15-12-13-16-18(17)22(19,20)21;8-4-1-7(2-5-9)3-6-10;;;;;/h12-13,15-16H,2-11,14H2,1H3,(H,19,20,21);8-10H,1-6H2;;;;;/q;;+2;+1;3*-1. The first-order chi connectivity index (χ1) is 15.4. The molecule has 0 aliphatic heterocycles. The first-order valence-corrected chi connectivity index (χ1v) is 13.4. The zero-order valence-electron chi connectivity index (χ0n) is 24.5. The summed E-state index contributed by atoms with van der Waals surface area (Å²) in [5, 5.41) is 25.5. The van der Waals surface area contributed by atoms with Gasteiger partial charge in [0.2, 0.25) is 0 Å². The monoisotopic (exact) mass is 525 g/mol. The molecule has 0 atom stereocenters. The van der Waals surface area contributed by atoms with E-state index in [2.05, 4.69) is 6.92 Å². The van der Waals surface area contributed by atoms with Crippen molar-refractivity contribution in [2.24, 2.45) is 0 Å². The largest absolute Gasteiger partial charge is 2.00 e. The summed E-state index contributed by atoms with van der Waals surface area (Å²) in [6, 6.07) is 6.73. The zero-order chi connectivity index (χ0) is 24.1. The molecule has 0 aliphatic carbocycles. The van der Waals surface area contributed by atoms with Crippen LogP contribution in [0.3, 0.4) is 0 Å². The first-order valence-electron chi connectivity index (χ1n) is 12.0. The summed E-state index contributed by atoms with van der Waals surface area (Å²) < 4.78 is 31.8. The molecule has 0 saturated carbocycles. The fourth-order valence-corrected chi connectivity index (χ4v) is 4.28. The second kappa shape index (κ2) is 26.8. The van der Waals surface area contributed by atoms with Crippen LogP contribution in [0.5, 0.6) is 0 Å². The normalized spacial score (nSPS) is 10.8. The van der Waals surface area contributed by atoms with Crippen molar-refractivity contribution >= 4 is 33.2 Å². The van der Waals surface area contributed by atoms with Gasteiger partial charge < -0.3 is 19.6 Å². The van der Waals surface area contributed by atoms with E-state index in [-0.39, 0.29) is 81.6 Å². The van der Waals surface area contributed by atoms with Gasteiger partial charge in [-0.2, -0.15) is 8.42 Å². The van der Waals surface area contributed by atoms with Gasteiger partial charge in [0.25, 0.3) is 10.1 Å². The molecule has 0 heterocycles. The Morgan fingerprint density at radius 2 is 1.18 bits per heavy atom. The summed E-state index contributed by atoms with van der Waals surface area (Å²) in [7, 11) is -4.10. The van der Waals surface area contributed by atoms with E-state index in [1.807, 2.05) is 6.07 Å². The van der Waals surface area contributed by atoms with Gasteiger partial charge in [-0.25, -0.2) is 0 Å². The predicted octanol–water partition coefficient (Wildman–Crippen LogP) is 0.623. The predicted molar refractivity (Wildman–Crippen MR) is 139 cm³/mol. The third-order valence-corrected chi connectivity index (χ3v) is 6.25. The van der Waals surface area contributed by atoms with Crippen molar-refractivity contribution in [3.8, 4) is 0 Å². The number of unbranched alkanes of at least 4 members (excludes halogenated alkanes) is 9. The van der Waals surface area contributed by atoms with Gasteiger partial charge in [-0.3, -0.25) is 9.45 Å². The SMILES string of the molecule is CCCCCCCCCCCCc1ccccc1S(=O)(=O)O.OCCN(CCO)CCO.[H-].[H-].[H-].[Mg+2].[Na+]. The third kappa shape index (κ3) is 22.0. The molecule has 34 heavy (non-hydrogen) atoms. The van der Waals surface area contributed by atoms with E-state index in [4.69, 9.17) is 15.3 Å². The molecule has 194 valence electrons. The number of rotatable bonds is 18. The average Bonchev–Trinajstić information content (AvgIpc) is 2.76. The number of benzene rings is 1. The first kappa shape index (κ1) is 39.3. The number of aliphatic hydroxyl groups is 3. The van der Waals surface area contributed by atoms with Crippen molar-refractivity contribution in [3.63, 3.8) is 0 Å². The summed E-state index contributed by atoms with van der Waals surface area (Å²) in [6.45, 7) is 3.99. The van der Waals surface area contributed by atoms with Gasteiger partial charge in [0.15, 0.2) is 0 Å². The molecule has 0 unspecified atom stereocenters. The summed E-state index contributed by atoms with van der Waals surface area (Å²) in [5.41, 5.74) is 0.726. The van der Waals surface area contributed by atoms with E-state index >= 15 is 0 Å². The second-order valence-electron chi connectivity index (χ2n) is 8.03. The molecule has 1 aromatic rings. The van der Waals surface area contributed by atoms with E-state index in [9.17, 15) is 13.0 Å². The van der Waals surface area contributed by atoms with Gasteiger partial charge in [-0.1, -0.05) is 82.9 Å². The Bertz CT molecular complexity index is 667. The number of nitrogens with zero attached hydrogens (tertiary/aromatic N) is 1. The maximum Gasteiger partial charge on any atom is 2.00 e. The van der Waals surface area contributed by atoms with E-state index < -0.39 is 10.1 Å². The van der Waals surface area contributed by atoms with Crippen molar-refractivity contribution in [1.29, 1.82) is 0 Å². The molecule has 0 radical (unpaired) electrons. The Labute approximate surface area is 250 Å². The minimum Gasteiger partial charge on any atom is -1.00 e. The number of hydrogen-bond acceptors (Lipinski definition) is 6. The Hall–Kier alpha value is 0.736. The quantitative estimate of drug-likeness (QED) is 0.126. The molecule has 7 nitrogen and oxygen atoms in total. The van der Waals surface area contributed by atoms with E-state index in [1.165, 1.54) is 57.4 Å². The van der Waals surface area contributed by atoms with Crippen LogP contribution in [0.2, 0.25) is 0 Å². The molecule has 0 bridgehead atoms. The fraction of sp³-hybridized carbons (Fsp3) is 0.750. The van der Waals surface area contributed by atoms with Gasteiger partial charge >= 0.3 is 52.6 Å². The molecular weight excluding hydrogens is 478 g/mol. The van der Waals surface area contributed by atoms with Crippen LogP contribution < -0.4 is 29.6 Å². The molecule has 0 aliphatic rings. The van der Waals surface area contributed by atoms with Crippen LogP contribution in [0.15, 0.2) is 29.2 Å². The smallest absolute Gasteiger partial charge is 1.00 e. The van der Waals surface area contributed by atoms with E-state index in [0.717, 1.165) is 18.4 Å². The van der Waals surface area contributed by atoms with Crippen LogP contribution in [-0.2, 0) is 16.5 Å². The average molecular weight is 526 g/mol. The topological polar surface area (TPSA) is 118 Å². The van der Waals surface area contributed by atoms with Crippen LogP contribution in [0.1, 0.15) is 81.0 Å². The van der Waals surface area contributed by atoms with Gasteiger partial charge in [-0.05, 0) is 24.5 Å². The maximum absolute atomic E-state index is 11.3. The summed E-state index contributed by atoms with van der Waals surface area (Å²) in [4.78, 5) is 1.85. The van der Waals surface area contributed by atoms with Crippen LogP contribution in [0.25, 0.3) is 0 Å². The van der Waals surface area contributed by atoms with Gasteiger partial charge in [0.05, 0.1) is 24.7 Å². The molecule has 4 N–H and O–H groups in total. The number of aliphatic hydroxyl groups excluding tert-OH is 3. The van der Waals surface area contributed by atoms with Crippen molar-refractivity contribution in [2.45, 2.75) is 82.4 Å². The number of hydrogen-bond donors (Lipinski definition) is 4. The van der Waals surface area contributed by atoms with Gasteiger partial charge in [-0.15, -0.1) is 0 Å². The van der Waals surface area contributed by atoms with Crippen molar-refractivity contribution < 1.29 is 62.1 Å². The fourth-order valence-electron chi connectivity index (χ4n) is 3.52. The molecule has 0 aromatic heterocycles. The Morgan fingerprint density at radius 3 is 1.59 bits per heavy atom. The maximum atomic E-state index is 11.3. The Balaban J connectivity index is -0.000000139. The molecule has 1 rings (SSSR count). The molecule has 0 saturated heterocycles. The molecule has 0 fully saturated rings. The van der Waals surface area contributed by atoms with Crippen LogP contribution >= 0.6 is 0 Å². The summed E-state index contributed by atoms with van der Waals surface area (Å²) in [6.07, 6.45) is 13.3. The van der Waals surface area contributed by atoms with E-state index in [1.54, 1.807) is 17.0 Å². The molecule has 1 aromatic carbocycles. The van der Waals surface area contributed by atoms with Crippen LogP contribution in [0.4, 0.5) is 0 Å². The van der Waals surface area contributed by atoms with E-state index in [0.29, 0.717) is 26.1 Å². The minimum absolute atomic E-state index is 0. The minimum atomic E-state index is -4.10. The molecule has 0 spiro atoms. The Morgan fingerprint density at radius 1 is 0.765 bits per heavy atom. The van der Waals surface area contributed by atoms with Crippen molar-refractivity contribution in [1.82, 2.24) is 4.90 Å². The molecule has 10 heteroatoms. The second-order valence-corrected chi connectivity index (χ2v) is 9.42. The van der Waals surface area contributed by atoms with Crippen LogP contribution in [0, 0.1) is 0 Å². The summed E-state index contributed by atoms with van der Waals surface area (Å²) in [5.74, 6) is 0. The van der Waals surface area contributed by atoms with Crippen molar-refractivity contribution in [3.05, 3.63) is 29.8 Å². The summed E-state index contributed by atoms with van der Waals surface area (Å²) >= 11 is 0. The van der Waals surface area contributed by atoms with Crippen molar-refractivity contribution in [2.75, 3.05) is 39.5 Å². The molecule has 0 amide bonds. The Kier molecular flexibility index (Phi) is 30.9.